The second-order valence-corrected chi connectivity index (χ2v) is 10.6. The van der Waals surface area contributed by atoms with Gasteiger partial charge in [0.1, 0.15) is 18.2 Å². The van der Waals surface area contributed by atoms with E-state index in [0.717, 1.165) is 16.5 Å². The standard InChI is InChI=1S/C27H24Br2ClN3O2/c1-4-17(3)26-32-24-10-9-20(28)12-22(24)27(34)33(26)31-14-19-11-21(30)13-23(29)25(19)35-15-18-7-5-16(2)6-8-18/h5-14,17H,4,15H2,1-3H3/t17-/m1/s1. The third-order valence-corrected chi connectivity index (χ3v) is 7.04. The number of aryl methyl sites for hydroxylation is 1. The fourth-order valence-corrected chi connectivity index (χ4v) is 4.88. The van der Waals surface area contributed by atoms with Crippen molar-refractivity contribution in [3.05, 3.63) is 101 Å². The van der Waals surface area contributed by atoms with Crippen LogP contribution in [0.3, 0.4) is 0 Å². The Morgan fingerprint density at radius 2 is 1.89 bits per heavy atom. The summed E-state index contributed by atoms with van der Waals surface area (Å²) in [4.78, 5) is 18.2. The highest BCUT2D eigenvalue weighted by atomic mass is 79.9. The Morgan fingerprint density at radius 3 is 2.60 bits per heavy atom. The van der Waals surface area contributed by atoms with Gasteiger partial charge in [0.25, 0.3) is 5.56 Å². The number of benzene rings is 3. The van der Waals surface area contributed by atoms with E-state index in [1.165, 1.54) is 10.2 Å². The van der Waals surface area contributed by atoms with Gasteiger partial charge < -0.3 is 4.74 Å². The molecule has 0 aliphatic heterocycles. The average molecular weight is 618 g/mol. The SMILES string of the molecule is CC[C@@H](C)c1nc2ccc(Br)cc2c(=O)n1N=Cc1cc(Cl)cc(Br)c1OCc1ccc(C)cc1. The van der Waals surface area contributed by atoms with Crippen molar-refractivity contribution in [1.29, 1.82) is 0 Å². The molecule has 35 heavy (non-hydrogen) atoms. The lowest BCUT2D eigenvalue weighted by molar-refractivity contribution is 0.304. The first-order chi connectivity index (χ1) is 16.8. The van der Waals surface area contributed by atoms with E-state index < -0.39 is 0 Å². The van der Waals surface area contributed by atoms with Gasteiger partial charge in [-0.2, -0.15) is 9.78 Å². The molecule has 4 aromatic rings. The summed E-state index contributed by atoms with van der Waals surface area (Å²) in [7, 11) is 0. The smallest absolute Gasteiger partial charge is 0.282 e. The zero-order chi connectivity index (χ0) is 25.1. The quantitative estimate of drug-likeness (QED) is 0.199. The van der Waals surface area contributed by atoms with Gasteiger partial charge in [0.05, 0.1) is 21.6 Å². The molecule has 180 valence electrons. The molecule has 8 heteroatoms. The fourth-order valence-electron chi connectivity index (χ4n) is 3.57. The van der Waals surface area contributed by atoms with Gasteiger partial charge in [-0.25, -0.2) is 4.98 Å². The monoisotopic (exact) mass is 615 g/mol. The van der Waals surface area contributed by atoms with Crippen molar-refractivity contribution < 1.29 is 4.74 Å². The van der Waals surface area contributed by atoms with E-state index in [1.54, 1.807) is 24.4 Å². The van der Waals surface area contributed by atoms with Crippen LogP contribution in [-0.4, -0.2) is 15.9 Å². The lowest BCUT2D eigenvalue weighted by Crippen LogP contribution is -2.23. The lowest BCUT2D eigenvalue weighted by Gasteiger charge is -2.15. The second kappa shape index (κ2) is 11.1. The predicted octanol–water partition coefficient (Wildman–Crippen LogP) is 7.86. The molecular formula is C27H24Br2ClN3O2. The summed E-state index contributed by atoms with van der Waals surface area (Å²) in [5, 5.41) is 5.59. The zero-order valence-corrected chi connectivity index (χ0v) is 23.5. The number of hydrogen-bond acceptors (Lipinski definition) is 4. The maximum atomic E-state index is 13.4. The number of ether oxygens (including phenoxy) is 1. The molecule has 0 amide bonds. The van der Waals surface area contributed by atoms with E-state index in [9.17, 15) is 4.79 Å². The maximum absolute atomic E-state index is 13.4. The Kier molecular flexibility index (Phi) is 8.09. The highest BCUT2D eigenvalue weighted by molar-refractivity contribution is 9.10. The van der Waals surface area contributed by atoms with Crippen molar-refractivity contribution in [2.24, 2.45) is 5.10 Å². The highest BCUT2D eigenvalue weighted by Gasteiger charge is 2.16. The van der Waals surface area contributed by atoms with Crippen LogP contribution in [0.25, 0.3) is 10.9 Å². The van der Waals surface area contributed by atoms with Crippen LogP contribution in [-0.2, 0) is 6.61 Å². The van der Waals surface area contributed by atoms with Gasteiger partial charge in [0, 0.05) is 21.0 Å². The summed E-state index contributed by atoms with van der Waals surface area (Å²) in [6, 6.07) is 17.2. The summed E-state index contributed by atoms with van der Waals surface area (Å²) in [6.07, 6.45) is 2.41. The predicted molar refractivity (Wildman–Crippen MR) is 150 cm³/mol. The van der Waals surface area contributed by atoms with Crippen LogP contribution in [0.4, 0.5) is 0 Å². The van der Waals surface area contributed by atoms with Crippen LogP contribution in [0.5, 0.6) is 5.75 Å². The molecule has 0 fully saturated rings. The maximum Gasteiger partial charge on any atom is 0.282 e. The minimum atomic E-state index is -0.230. The zero-order valence-electron chi connectivity index (χ0n) is 19.6. The molecule has 3 aromatic carbocycles. The lowest BCUT2D eigenvalue weighted by atomic mass is 10.1. The van der Waals surface area contributed by atoms with Crippen LogP contribution in [0.1, 0.15) is 48.7 Å². The van der Waals surface area contributed by atoms with Crippen molar-refractivity contribution in [3.8, 4) is 5.75 Å². The minimum Gasteiger partial charge on any atom is -0.487 e. The molecule has 5 nitrogen and oxygen atoms in total. The topological polar surface area (TPSA) is 56.5 Å². The van der Waals surface area contributed by atoms with Crippen molar-refractivity contribution in [2.45, 2.75) is 39.7 Å². The van der Waals surface area contributed by atoms with E-state index in [1.807, 2.05) is 50.2 Å². The molecule has 1 aromatic heterocycles. The molecule has 0 saturated carbocycles. The molecule has 0 aliphatic carbocycles. The number of fused-ring (bicyclic) bond motifs is 1. The molecule has 0 N–H and O–H groups in total. The van der Waals surface area contributed by atoms with Crippen molar-refractivity contribution in [3.63, 3.8) is 0 Å². The molecule has 0 bridgehead atoms. The van der Waals surface area contributed by atoms with Gasteiger partial charge >= 0.3 is 0 Å². The third kappa shape index (κ3) is 5.85. The van der Waals surface area contributed by atoms with Gasteiger partial charge in [-0.1, -0.05) is 71.2 Å². The van der Waals surface area contributed by atoms with Crippen molar-refractivity contribution >= 4 is 60.6 Å². The molecule has 1 atom stereocenters. The van der Waals surface area contributed by atoms with Gasteiger partial charge in [-0.05, 0) is 65.2 Å². The molecule has 0 radical (unpaired) electrons. The third-order valence-electron chi connectivity index (χ3n) is 5.74. The Morgan fingerprint density at radius 1 is 1.14 bits per heavy atom. The average Bonchev–Trinajstić information content (AvgIpc) is 2.83. The number of aromatic nitrogens is 2. The molecule has 0 aliphatic rings. The van der Waals surface area contributed by atoms with E-state index in [2.05, 4.69) is 43.9 Å². The molecule has 0 unspecified atom stereocenters. The Hall–Kier alpha value is -2.48. The van der Waals surface area contributed by atoms with Crippen LogP contribution < -0.4 is 10.3 Å². The molecular weight excluding hydrogens is 594 g/mol. The van der Waals surface area contributed by atoms with Gasteiger partial charge in [0.15, 0.2) is 0 Å². The first kappa shape index (κ1) is 25.6. The van der Waals surface area contributed by atoms with Crippen molar-refractivity contribution in [2.75, 3.05) is 0 Å². The number of halogens is 3. The number of hydrogen-bond donors (Lipinski definition) is 0. The first-order valence-electron chi connectivity index (χ1n) is 11.2. The largest absolute Gasteiger partial charge is 0.487 e. The normalized spacial score (nSPS) is 12.4. The number of rotatable bonds is 7. The summed E-state index contributed by atoms with van der Waals surface area (Å²) in [5.74, 6) is 1.23. The van der Waals surface area contributed by atoms with Crippen LogP contribution in [0, 0.1) is 6.92 Å². The van der Waals surface area contributed by atoms with Gasteiger partial charge in [0.2, 0.25) is 0 Å². The summed E-state index contributed by atoms with van der Waals surface area (Å²) < 4.78 is 9.03. The van der Waals surface area contributed by atoms with Crippen LogP contribution in [0.2, 0.25) is 5.02 Å². The van der Waals surface area contributed by atoms with Crippen LogP contribution in [0.15, 0.2) is 73.4 Å². The Labute approximate surface area is 226 Å². The fraction of sp³-hybridized carbons (Fsp3) is 0.222. The molecule has 1 heterocycles. The molecule has 4 rings (SSSR count). The summed E-state index contributed by atoms with van der Waals surface area (Å²) >= 11 is 13.3. The second-order valence-electron chi connectivity index (χ2n) is 8.38. The van der Waals surface area contributed by atoms with Crippen molar-refractivity contribution in [1.82, 2.24) is 9.66 Å². The molecule has 0 saturated heterocycles. The first-order valence-corrected chi connectivity index (χ1v) is 13.2. The summed E-state index contributed by atoms with van der Waals surface area (Å²) in [5.41, 5.74) is 3.29. The summed E-state index contributed by atoms with van der Waals surface area (Å²) in [6.45, 7) is 6.52. The van der Waals surface area contributed by atoms with Gasteiger partial charge in [-0.15, -0.1) is 0 Å². The highest BCUT2D eigenvalue weighted by Crippen LogP contribution is 2.33. The van der Waals surface area contributed by atoms with Crippen LogP contribution >= 0.6 is 43.5 Å². The minimum absolute atomic E-state index is 0.0382. The molecule has 0 spiro atoms. The Bertz CT molecular complexity index is 1470. The number of nitrogens with zero attached hydrogens (tertiary/aromatic N) is 3. The Balaban J connectivity index is 1.77. The van der Waals surface area contributed by atoms with E-state index in [4.69, 9.17) is 21.3 Å². The van der Waals surface area contributed by atoms with Gasteiger partial charge in [-0.3, -0.25) is 4.79 Å². The van der Waals surface area contributed by atoms with E-state index >= 15 is 0 Å². The van der Waals surface area contributed by atoms with E-state index in [0.29, 0.717) is 44.1 Å². The van der Waals surface area contributed by atoms with E-state index in [-0.39, 0.29) is 11.5 Å².